The summed E-state index contributed by atoms with van der Waals surface area (Å²) >= 11 is 0. The maximum atomic E-state index is 12.5. The molecule has 3 rings (SSSR count). The molecule has 0 aliphatic carbocycles. The minimum atomic E-state index is 0.0781. The number of benzene rings is 2. The Morgan fingerprint density at radius 1 is 1.00 bits per heavy atom. The van der Waals surface area contributed by atoms with Crippen LogP contribution in [0.1, 0.15) is 35.2 Å². The quantitative estimate of drug-likeness (QED) is 0.673. The fourth-order valence-corrected chi connectivity index (χ4v) is 3.34. The van der Waals surface area contributed by atoms with Crippen molar-refractivity contribution in [2.45, 2.75) is 25.7 Å². The van der Waals surface area contributed by atoms with Crippen LogP contribution in [0.3, 0.4) is 0 Å². The molecule has 0 spiro atoms. The van der Waals surface area contributed by atoms with Crippen molar-refractivity contribution in [3.63, 3.8) is 0 Å². The summed E-state index contributed by atoms with van der Waals surface area (Å²) in [6, 6.07) is 15.1. The van der Waals surface area contributed by atoms with E-state index in [4.69, 9.17) is 9.47 Å². The SMILES string of the molecule is COc1ccccc1CC(=O)c1ccc(OCCN2CCCCC2)cc1. The number of piperidine rings is 1. The van der Waals surface area contributed by atoms with Gasteiger partial charge in [0.05, 0.1) is 7.11 Å². The topological polar surface area (TPSA) is 38.8 Å². The monoisotopic (exact) mass is 353 g/mol. The molecule has 1 fully saturated rings. The number of ether oxygens (including phenoxy) is 2. The Balaban J connectivity index is 1.51. The van der Waals surface area contributed by atoms with Gasteiger partial charge in [-0.2, -0.15) is 0 Å². The molecule has 0 bridgehead atoms. The third-order valence-corrected chi connectivity index (χ3v) is 4.84. The maximum absolute atomic E-state index is 12.5. The predicted octanol–water partition coefficient (Wildman–Crippen LogP) is 3.99. The van der Waals surface area contributed by atoms with Gasteiger partial charge in [0.2, 0.25) is 0 Å². The molecule has 4 heteroatoms. The van der Waals surface area contributed by atoms with Crippen LogP contribution in [0.2, 0.25) is 0 Å². The van der Waals surface area contributed by atoms with Crippen LogP contribution in [0.25, 0.3) is 0 Å². The van der Waals surface area contributed by atoms with Crippen LogP contribution < -0.4 is 9.47 Å². The van der Waals surface area contributed by atoms with E-state index in [1.165, 1.54) is 32.4 Å². The number of methoxy groups -OCH3 is 1. The van der Waals surface area contributed by atoms with Crippen molar-refractivity contribution in [2.24, 2.45) is 0 Å². The van der Waals surface area contributed by atoms with Crippen molar-refractivity contribution in [2.75, 3.05) is 33.4 Å². The fraction of sp³-hybridized carbons (Fsp3) is 0.409. The molecule has 0 aromatic heterocycles. The lowest BCUT2D eigenvalue weighted by atomic mass is 10.0. The van der Waals surface area contributed by atoms with E-state index >= 15 is 0 Å². The number of ketones is 1. The summed E-state index contributed by atoms with van der Waals surface area (Å²) in [5.41, 5.74) is 1.60. The summed E-state index contributed by atoms with van der Waals surface area (Å²) in [6.07, 6.45) is 4.27. The van der Waals surface area contributed by atoms with Gasteiger partial charge in [-0.1, -0.05) is 24.6 Å². The molecule has 1 heterocycles. The number of rotatable bonds is 8. The summed E-state index contributed by atoms with van der Waals surface area (Å²) in [5, 5.41) is 0. The highest BCUT2D eigenvalue weighted by Crippen LogP contribution is 2.20. The molecule has 1 saturated heterocycles. The summed E-state index contributed by atoms with van der Waals surface area (Å²) in [7, 11) is 1.62. The van der Waals surface area contributed by atoms with Gasteiger partial charge in [0.1, 0.15) is 18.1 Å². The number of nitrogens with zero attached hydrogens (tertiary/aromatic N) is 1. The van der Waals surface area contributed by atoms with Crippen molar-refractivity contribution in [1.82, 2.24) is 4.90 Å². The second-order valence-corrected chi connectivity index (χ2v) is 6.69. The third-order valence-electron chi connectivity index (χ3n) is 4.84. The number of carbonyl (C=O) groups excluding carboxylic acids is 1. The van der Waals surface area contributed by atoms with E-state index < -0.39 is 0 Å². The van der Waals surface area contributed by atoms with Crippen molar-refractivity contribution < 1.29 is 14.3 Å². The largest absolute Gasteiger partial charge is 0.496 e. The van der Waals surface area contributed by atoms with E-state index in [1.807, 2.05) is 48.5 Å². The van der Waals surface area contributed by atoms with Gasteiger partial charge in [-0.15, -0.1) is 0 Å². The average Bonchev–Trinajstić information content (AvgIpc) is 2.70. The Morgan fingerprint density at radius 2 is 1.73 bits per heavy atom. The van der Waals surface area contributed by atoms with Gasteiger partial charge < -0.3 is 9.47 Å². The van der Waals surface area contributed by atoms with Gasteiger partial charge in [-0.3, -0.25) is 9.69 Å². The van der Waals surface area contributed by atoms with Crippen molar-refractivity contribution in [3.8, 4) is 11.5 Å². The number of likely N-dealkylation sites (tertiary alicyclic amines) is 1. The molecule has 0 N–H and O–H groups in total. The lowest BCUT2D eigenvalue weighted by Crippen LogP contribution is -2.33. The lowest BCUT2D eigenvalue weighted by molar-refractivity contribution is 0.0992. The Labute approximate surface area is 155 Å². The summed E-state index contributed by atoms with van der Waals surface area (Å²) in [6.45, 7) is 4.02. The molecule has 26 heavy (non-hydrogen) atoms. The zero-order valence-electron chi connectivity index (χ0n) is 15.4. The molecule has 0 amide bonds. The van der Waals surface area contributed by atoms with Crippen LogP contribution in [0.4, 0.5) is 0 Å². The lowest BCUT2D eigenvalue weighted by Gasteiger charge is -2.26. The van der Waals surface area contributed by atoms with E-state index in [9.17, 15) is 4.79 Å². The second-order valence-electron chi connectivity index (χ2n) is 6.69. The number of hydrogen-bond acceptors (Lipinski definition) is 4. The smallest absolute Gasteiger partial charge is 0.167 e. The second kappa shape index (κ2) is 9.39. The van der Waals surface area contributed by atoms with Crippen molar-refractivity contribution in [1.29, 1.82) is 0 Å². The Morgan fingerprint density at radius 3 is 2.46 bits per heavy atom. The first-order valence-electron chi connectivity index (χ1n) is 9.36. The molecule has 0 radical (unpaired) electrons. The van der Waals surface area contributed by atoms with Crippen LogP contribution in [-0.4, -0.2) is 44.0 Å². The molecule has 1 aliphatic heterocycles. The normalized spacial score (nSPS) is 14.8. The van der Waals surface area contributed by atoms with Gasteiger partial charge >= 0.3 is 0 Å². The van der Waals surface area contributed by atoms with E-state index in [1.54, 1.807) is 7.11 Å². The van der Waals surface area contributed by atoms with Gasteiger partial charge in [-0.25, -0.2) is 0 Å². The fourth-order valence-electron chi connectivity index (χ4n) is 3.34. The van der Waals surface area contributed by atoms with Crippen LogP contribution in [0, 0.1) is 0 Å². The zero-order valence-corrected chi connectivity index (χ0v) is 15.4. The summed E-state index contributed by atoms with van der Waals surface area (Å²) in [4.78, 5) is 15.0. The van der Waals surface area contributed by atoms with E-state index in [-0.39, 0.29) is 5.78 Å². The average molecular weight is 353 g/mol. The molecule has 2 aromatic rings. The first kappa shape index (κ1) is 18.5. The molecule has 138 valence electrons. The highest BCUT2D eigenvalue weighted by atomic mass is 16.5. The van der Waals surface area contributed by atoms with Gasteiger partial charge in [-0.05, 0) is 56.3 Å². The highest BCUT2D eigenvalue weighted by molar-refractivity contribution is 5.97. The van der Waals surface area contributed by atoms with Crippen molar-refractivity contribution >= 4 is 5.78 Å². The minimum Gasteiger partial charge on any atom is -0.496 e. The predicted molar refractivity (Wildman–Crippen MR) is 103 cm³/mol. The maximum Gasteiger partial charge on any atom is 0.167 e. The molecule has 0 atom stereocenters. The first-order chi connectivity index (χ1) is 12.8. The molecular formula is C22H27NO3. The number of Topliss-reactive ketones (excluding diaryl/α,β-unsaturated/α-hetero) is 1. The van der Waals surface area contributed by atoms with Crippen LogP contribution in [0.15, 0.2) is 48.5 Å². The van der Waals surface area contributed by atoms with Gasteiger partial charge in [0.15, 0.2) is 5.78 Å². The van der Waals surface area contributed by atoms with Gasteiger partial charge in [0.25, 0.3) is 0 Å². The standard InChI is InChI=1S/C22H27NO3/c1-25-22-8-4-3-7-19(22)17-21(24)18-9-11-20(12-10-18)26-16-15-23-13-5-2-6-14-23/h3-4,7-12H,2,5-6,13-17H2,1H3. The Hall–Kier alpha value is -2.33. The zero-order chi connectivity index (χ0) is 18.2. The molecule has 2 aromatic carbocycles. The first-order valence-corrected chi connectivity index (χ1v) is 9.36. The molecule has 0 unspecified atom stereocenters. The van der Waals surface area contributed by atoms with Crippen LogP contribution >= 0.6 is 0 Å². The summed E-state index contributed by atoms with van der Waals surface area (Å²) in [5.74, 6) is 1.64. The summed E-state index contributed by atoms with van der Waals surface area (Å²) < 4.78 is 11.1. The minimum absolute atomic E-state index is 0.0781. The highest BCUT2D eigenvalue weighted by Gasteiger charge is 2.12. The van der Waals surface area contributed by atoms with E-state index in [0.717, 1.165) is 23.6 Å². The Kier molecular flexibility index (Phi) is 6.67. The third kappa shape index (κ3) is 5.09. The van der Waals surface area contributed by atoms with Gasteiger partial charge in [0, 0.05) is 24.1 Å². The molecule has 1 aliphatic rings. The van der Waals surface area contributed by atoms with Crippen molar-refractivity contribution in [3.05, 3.63) is 59.7 Å². The Bertz CT molecular complexity index is 706. The molecular weight excluding hydrogens is 326 g/mol. The van der Waals surface area contributed by atoms with E-state index in [2.05, 4.69) is 4.90 Å². The number of para-hydroxylation sites is 1. The van der Waals surface area contributed by atoms with Crippen LogP contribution in [-0.2, 0) is 6.42 Å². The number of hydrogen-bond donors (Lipinski definition) is 0. The molecule has 4 nitrogen and oxygen atoms in total. The van der Waals surface area contributed by atoms with E-state index in [0.29, 0.717) is 18.6 Å². The van der Waals surface area contributed by atoms with Crippen LogP contribution in [0.5, 0.6) is 11.5 Å². The molecule has 0 saturated carbocycles. The number of carbonyl (C=O) groups is 1.